The van der Waals surface area contributed by atoms with Crippen molar-refractivity contribution in [3.05, 3.63) is 35.9 Å². The molecular weight excluding hydrogens is 329 g/mol. The van der Waals surface area contributed by atoms with Gasteiger partial charge in [-0.2, -0.15) is 0 Å². The summed E-state index contributed by atoms with van der Waals surface area (Å²) in [5.74, 6) is -0.627. The Labute approximate surface area is 142 Å². The normalized spacial score (nSPS) is 10.6. The third-order valence-corrected chi connectivity index (χ3v) is 2.66. The second-order valence-corrected chi connectivity index (χ2v) is 4.45. The van der Waals surface area contributed by atoms with Gasteiger partial charge in [0.25, 0.3) is 0 Å². The molecule has 1 rings (SSSR count). The zero-order valence-electron chi connectivity index (χ0n) is 12.2. The number of nitrogens with two attached hydrogens (primary N) is 2. The first-order valence-corrected chi connectivity index (χ1v) is 6.53. The van der Waals surface area contributed by atoms with Gasteiger partial charge in [0.1, 0.15) is 6.61 Å². The second kappa shape index (κ2) is 13.3. The Balaban J connectivity index is 0. The van der Waals surface area contributed by atoms with Gasteiger partial charge < -0.3 is 21.5 Å². The number of carbonyl (C=O) groups is 2. The van der Waals surface area contributed by atoms with Crippen LogP contribution in [0.1, 0.15) is 18.4 Å². The molecule has 0 fully saturated rings. The van der Waals surface area contributed by atoms with Gasteiger partial charge in [0.2, 0.25) is 5.91 Å². The Morgan fingerprint density at radius 3 is 2.36 bits per heavy atom. The van der Waals surface area contributed by atoms with E-state index in [2.05, 4.69) is 5.32 Å². The summed E-state index contributed by atoms with van der Waals surface area (Å²) in [5.41, 5.74) is 11.8. The molecule has 0 aliphatic rings. The monoisotopic (exact) mass is 351 g/mol. The van der Waals surface area contributed by atoms with Crippen LogP contribution in [0.2, 0.25) is 0 Å². The largest absolute Gasteiger partial charge is 0.461 e. The summed E-state index contributed by atoms with van der Waals surface area (Å²) >= 11 is 0. The van der Waals surface area contributed by atoms with Crippen molar-refractivity contribution in [2.45, 2.75) is 25.5 Å². The van der Waals surface area contributed by atoms with Gasteiger partial charge in [0.15, 0.2) is 0 Å². The van der Waals surface area contributed by atoms with Crippen LogP contribution in [-0.4, -0.2) is 31.0 Å². The van der Waals surface area contributed by atoms with Gasteiger partial charge in [-0.05, 0) is 5.56 Å². The van der Waals surface area contributed by atoms with E-state index in [9.17, 15) is 9.59 Å². The van der Waals surface area contributed by atoms with Crippen molar-refractivity contribution in [3.63, 3.8) is 0 Å². The predicted octanol–water partition coefficient (Wildman–Crippen LogP) is 0.756. The van der Waals surface area contributed by atoms with E-state index in [1.54, 1.807) is 0 Å². The molecule has 1 aromatic carbocycles. The number of nitrogens with one attached hydrogen (secondary N) is 1. The van der Waals surface area contributed by atoms with Crippen LogP contribution in [0, 0.1) is 0 Å². The number of hydrogen-bond acceptors (Lipinski definition) is 5. The lowest BCUT2D eigenvalue weighted by molar-refractivity contribution is -0.146. The van der Waals surface area contributed by atoms with Crippen molar-refractivity contribution >= 4 is 36.7 Å². The van der Waals surface area contributed by atoms with Gasteiger partial charge in [0.05, 0.1) is 6.42 Å². The second-order valence-electron chi connectivity index (χ2n) is 4.45. The SMILES string of the molecule is Cl.Cl.NCC(N)CNC(=O)CCC(=O)OCc1ccccc1. The van der Waals surface area contributed by atoms with E-state index < -0.39 is 5.97 Å². The van der Waals surface area contributed by atoms with Crippen LogP contribution >= 0.6 is 24.8 Å². The minimum atomic E-state index is -0.396. The van der Waals surface area contributed by atoms with Gasteiger partial charge in [-0.3, -0.25) is 9.59 Å². The predicted molar refractivity (Wildman–Crippen MR) is 90.0 cm³/mol. The fraction of sp³-hybridized carbons (Fsp3) is 0.429. The summed E-state index contributed by atoms with van der Waals surface area (Å²) in [5, 5.41) is 2.61. The van der Waals surface area contributed by atoms with Crippen LogP contribution in [0.25, 0.3) is 0 Å². The maximum absolute atomic E-state index is 11.5. The number of benzene rings is 1. The highest BCUT2D eigenvalue weighted by atomic mass is 35.5. The van der Waals surface area contributed by atoms with Gasteiger partial charge in [-0.1, -0.05) is 30.3 Å². The highest BCUT2D eigenvalue weighted by molar-refractivity contribution is 5.85. The molecule has 1 unspecified atom stereocenters. The Bertz CT molecular complexity index is 433. The number of ether oxygens (including phenoxy) is 1. The lowest BCUT2D eigenvalue weighted by Gasteiger charge is -2.10. The van der Waals surface area contributed by atoms with Gasteiger partial charge in [-0.25, -0.2) is 0 Å². The maximum atomic E-state index is 11.5. The first kappa shape index (κ1) is 22.9. The zero-order valence-corrected chi connectivity index (χ0v) is 13.8. The Morgan fingerprint density at radius 2 is 1.77 bits per heavy atom. The lowest BCUT2D eigenvalue weighted by Crippen LogP contribution is -2.41. The molecule has 8 heteroatoms. The van der Waals surface area contributed by atoms with E-state index in [-0.39, 0.29) is 56.2 Å². The molecule has 0 heterocycles. The van der Waals surface area contributed by atoms with E-state index in [4.69, 9.17) is 16.2 Å². The number of hydrogen-bond donors (Lipinski definition) is 3. The third kappa shape index (κ3) is 10.4. The standard InChI is InChI=1S/C14H21N3O3.2ClH/c15-8-12(16)9-17-13(18)6-7-14(19)20-10-11-4-2-1-3-5-11;;/h1-5,12H,6-10,15-16H2,(H,17,18);2*1H. The molecule has 0 aliphatic heterocycles. The molecule has 0 saturated heterocycles. The minimum absolute atomic E-state index is 0. The Kier molecular flexibility index (Phi) is 13.9. The van der Waals surface area contributed by atoms with Crippen LogP contribution in [0.5, 0.6) is 0 Å². The van der Waals surface area contributed by atoms with Crippen LogP contribution in [0.3, 0.4) is 0 Å². The third-order valence-electron chi connectivity index (χ3n) is 2.66. The number of amides is 1. The van der Waals surface area contributed by atoms with E-state index in [1.165, 1.54) is 0 Å². The molecular formula is C14H23Cl2N3O3. The van der Waals surface area contributed by atoms with Crippen molar-refractivity contribution in [1.82, 2.24) is 5.32 Å². The van der Waals surface area contributed by atoms with E-state index in [0.717, 1.165) is 5.56 Å². The number of carbonyl (C=O) groups excluding carboxylic acids is 2. The summed E-state index contributed by atoms with van der Waals surface area (Å²) < 4.78 is 5.06. The zero-order chi connectivity index (χ0) is 14.8. The molecule has 0 radical (unpaired) electrons. The average Bonchev–Trinajstić information content (AvgIpc) is 2.49. The quantitative estimate of drug-likeness (QED) is 0.599. The highest BCUT2D eigenvalue weighted by Crippen LogP contribution is 2.02. The average molecular weight is 352 g/mol. The number of rotatable bonds is 8. The summed E-state index contributed by atoms with van der Waals surface area (Å²) in [4.78, 5) is 22.9. The number of halogens is 2. The summed E-state index contributed by atoms with van der Waals surface area (Å²) in [6.45, 7) is 0.840. The van der Waals surface area contributed by atoms with E-state index in [1.807, 2.05) is 30.3 Å². The molecule has 5 N–H and O–H groups in total. The Morgan fingerprint density at radius 1 is 1.14 bits per heavy atom. The lowest BCUT2D eigenvalue weighted by atomic mass is 10.2. The van der Waals surface area contributed by atoms with Crippen LogP contribution in [0.4, 0.5) is 0 Å². The smallest absolute Gasteiger partial charge is 0.306 e. The van der Waals surface area contributed by atoms with Gasteiger partial charge in [-0.15, -0.1) is 24.8 Å². The molecule has 1 atom stereocenters. The molecule has 6 nitrogen and oxygen atoms in total. The van der Waals surface area contributed by atoms with Crippen LogP contribution in [0.15, 0.2) is 30.3 Å². The van der Waals surface area contributed by atoms with Crippen molar-refractivity contribution in [3.8, 4) is 0 Å². The Hall–Kier alpha value is -1.34. The molecule has 1 aromatic rings. The van der Waals surface area contributed by atoms with E-state index >= 15 is 0 Å². The summed E-state index contributed by atoms with van der Waals surface area (Å²) in [6, 6.07) is 9.11. The van der Waals surface area contributed by atoms with Crippen molar-refractivity contribution in [2.24, 2.45) is 11.5 Å². The highest BCUT2D eigenvalue weighted by Gasteiger charge is 2.09. The minimum Gasteiger partial charge on any atom is -0.461 e. The first-order valence-electron chi connectivity index (χ1n) is 6.53. The molecule has 22 heavy (non-hydrogen) atoms. The molecule has 0 saturated carbocycles. The molecule has 126 valence electrons. The molecule has 0 spiro atoms. The fourth-order valence-corrected chi connectivity index (χ4v) is 1.44. The summed E-state index contributed by atoms with van der Waals surface area (Å²) in [7, 11) is 0. The van der Waals surface area contributed by atoms with Crippen LogP contribution in [-0.2, 0) is 20.9 Å². The van der Waals surface area contributed by atoms with Gasteiger partial charge >= 0.3 is 5.97 Å². The van der Waals surface area contributed by atoms with Crippen molar-refractivity contribution < 1.29 is 14.3 Å². The molecule has 0 aromatic heterocycles. The number of esters is 1. The molecule has 0 aliphatic carbocycles. The van der Waals surface area contributed by atoms with Crippen LogP contribution < -0.4 is 16.8 Å². The summed E-state index contributed by atoms with van der Waals surface area (Å²) in [6.07, 6.45) is 0.140. The molecule has 1 amide bonds. The van der Waals surface area contributed by atoms with Crippen molar-refractivity contribution in [2.75, 3.05) is 13.1 Å². The topological polar surface area (TPSA) is 107 Å². The van der Waals surface area contributed by atoms with E-state index in [0.29, 0.717) is 13.1 Å². The molecule has 0 bridgehead atoms. The fourth-order valence-electron chi connectivity index (χ4n) is 1.44. The maximum Gasteiger partial charge on any atom is 0.306 e. The van der Waals surface area contributed by atoms with Crippen molar-refractivity contribution in [1.29, 1.82) is 0 Å². The first-order chi connectivity index (χ1) is 9.61. The van der Waals surface area contributed by atoms with Gasteiger partial charge in [0, 0.05) is 25.6 Å².